The maximum atomic E-state index is 12.7. The van der Waals surface area contributed by atoms with E-state index >= 15 is 0 Å². The first kappa shape index (κ1) is 15.5. The van der Waals surface area contributed by atoms with E-state index in [4.69, 9.17) is 20.9 Å². The summed E-state index contributed by atoms with van der Waals surface area (Å²) in [6.07, 6.45) is 0.700. The highest BCUT2D eigenvalue weighted by Crippen LogP contribution is 2.56. The van der Waals surface area contributed by atoms with Crippen LogP contribution >= 0.6 is 0 Å². The summed E-state index contributed by atoms with van der Waals surface area (Å²) in [5.41, 5.74) is 14.5. The van der Waals surface area contributed by atoms with Gasteiger partial charge in [-0.2, -0.15) is 0 Å². The molecule has 6 heteroatoms. The number of esters is 1. The van der Waals surface area contributed by atoms with Crippen LogP contribution in [0.25, 0.3) is 0 Å². The molecular weight excluding hydrogens is 344 g/mol. The van der Waals surface area contributed by atoms with Gasteiger partial charge in [-0.25, -0.2) is 4.79 Å². The number of carbonyl (C=O) groups excluding carboxylic acids is 2. The molecule has 1 spiro atoms. The summed E-state index contributed by atoms with van der Waals surface area (Å²) >= 11 is 0. The molecule has 0 saturated heterocycles. The highest BCUT2D eigenvalue weighted by molar-refractivity contribution is 5.98. The number of benzene rings is 3. The summed E-state index contributed by atoms with van der Waals surface area (Å²) in [6, 6.07) is 15.4. The van der Waals surface area contributed by atoms with Gasteiger partial charge in [0.1, 0.15) is 17.8 Å². The Hall–Kier alpha value is -3.80. The summed E-state index contributed by atoms with van der Waals surface area (Å²) in [5, 5.41) is 0. The van der Waals surface area contributed by atoms with Crippen molar-refractivity contribution in [3.8, 4) is 11.5 Å². The number of rotatable bonds is 1. The van der Waals surface area contributed by atoms with E-state index in [1.54, 1.807) is 54.6 Å². The average Bonchev–Trinajstić information content (AvgIpc) is 2.94. The van der Waals surface area contributed by atoms with Gasteiger partial charge in [-0.1, -0.05) is 12.1 Å². The van der Waals surface area contributed by atoms with Gasteiger partial charge in [0, 0.05) is 45.8 Å². The van der Waals surface area contributed by atoms with Crippen molar-refractivity contribution < 1.29 is 19.1 Å². The highest BCUT2D eigenvalue weighted by atomic mass is 16.6. The van der Waals surface area contributed by atoms with Crippen molar-refractivity contribution in [3.05, 3.63) is 82.4 Å². The predicted octanol–water partition coefficient (Wildman–Crippen LogP) is 3.23. The van der Waals surface area contributed by atoms with Gasteiger partial charge in [0.25, 0.3) is 0 Å². The first-order chi connectivity index (χ1) is 13.0. The molecule has 3 aromatic rings. The third-order valence-electron chi connectivity index (χ3n) is 5.01. The zero-order valence-electron chi connectivity index (χ0n) is 14.1. The topological polar surface area (TPSA) is 105 Å². The third kappa shape index (κ3) is 1.95. The fourth-order valence-electron chi connectivity index (χ4n) is 3.85. The van der Waals surface area contributed by atoms with Gasteiger partial charge in [0.05, 0.1) is 5.56 Å². The fourth-order valence-corrected chi connectivity index (χ4v) is 3.85. The number of nitrogen functional groups attached to an aromatic ring is 2. The molecule has 0 amide bonds. The van der Waals surface area contributed by atoms with E-state index in [0.717, 1.165) is 0 Å². The van der Waals surface area contributed by atoms with E-state index in [1.165, 1.54) is 0 Å². The van der Waals surface area contributed by atoms with Crippen LogP contribution in [-0.2, 0) is 10.3 Å². The minimum Gasteiger partial charge on any atom is -0.456 e. The second kappa shape index (κ2) is 5.11. The molecular formula is C21H14N2O4. The Bertz CT molecular complexity index is 1100. The van der Waals surface area contributed by atoms with E-state index in [2.05, 4.69) is 0 Å². The fraction of sp³-hybridized carbons (Fsp3) is 0.0476. The molecule has 2 heterocycles. The number of anilines is 2. The van der Waals surface area contributed by atoms with Crippen LogP contribution in [0.5, 0.6) is 11.5 Å². The Labute approximate surface area is 154 Å². The Morgan fingerprint density at radius 3 is 2.00 bits per heavy atom. The molecule has 0 saturated carbocycles. The van der Waals surface area contributed by atoms with Crippen molar-refractivity contribution in [2.45, 2.75) is 5.60 Å². The molecule has 5 rings (SSSR count). The van der Waals surface area contributed by atoms with Gasteiger partial charge in [-0.15, -0.1) is 0 Å². The van der Waals surface area contributed by atoms with Crippen molar-refractivity contribution in [3.63, 3.8) is 0 Å². The number of hydrogen-bond donors (Lipinski definition) is 2. The SMILES string of the molecule is Nc1ccc2c(c1)Oc1cc(N)ccc1C21OC(=O)c2cc(C=O)ccc21. The van der Waals surface area contributed by atoms with E-state index in [9.17, 15) is 9.59 Å². The molecule has 2 aliphatic rings. The van der Waals surface area contributed by atoms with Crippen molar-refractivity contribution in [1.82, 2.24) is 0 Å². The molecule has 0 fully saturated rings. The van der Waals surface area contributed by atoms with Crippen molar-refractivity contribution in [2.75, 3.05) is 11.5 Å². The molecule has 4 N–H and O–H groups in total. The van der Waals surface area contributed by atoms with E-state index in [1.807, 2.05) is 0 Å². The monoisotopic (exact) mass is 358 g/mol. The number of carbonyl (C=O) groups is 2. The van der Waals surface area contributed by atoms with Crippen LogP contribution in [0.1, 0.15) is 37.4 Å². The average molecular weight is 358 g/mol. The van der Waals surface area contributed by atoms with Crippen LogP contribution in [-0.4, -0.2) is 12.3 Å². The van der Waals surface area contributed by atoms with Crippen molar-refractivity contribution in [2.24, 2.45) is 0 Å². The number of ether oxygens (including phenoxy) is 2. The number of hydrogen-bond acceptors (Lipinski definition) is 6. The minimum absolute atomic E-state index is 0.354. The second-order valence-electron chi connectivity index (χ2n) is 6.61. The van der Waals surface area contributed by atoms with Gasteiger partial charge in [0.2, 0.25) is 0 Å². The lowest BCUT2D eigenvalue weighted by atomic mass is 9.77. The normalized spacial score (nSPS) is 15.3. The van der Waals surface area contributed by atoms with E-state index < -0.39 is 11.6 Å². The number of nitrogens with two attached hydrogens (primary N) is 2. The van der Waals surface area contributed by atoms with E-state index in [0.29, 0.717) is 57.0 Å². The lowest BCUT2D eigenvalue weighted by Crippen LogP contribution is -2.33. The zero-order chi connectivity index (χ0) is 18.8. The standard InChI is InChI=1S/C21H14N2O4/c22-12-2-5-16-18(8-12)26-19-9-13(23)3-6-17(19)21(16)15-4-1-11(10-24)7-14(15)20(25)27-21/h1-10H,22-23H2. The predicted molar refractivity (Wildman–Crippen MR) is 98.9 cm³/mol. The van der Waals surface area contributed by atoms with Crippen molar-refractivity contribution >= 4 is 23.6 Å². The molecule has 2 aliphatic heterocycles. The van der Waals surface area contributed by atoms with Crippen LogP contribution in [0.2, 0.25) is 0 Å². The van der Waals surface area contributed by atoms with Gasteiger partial charge >= 0.3 is 5.97 Å². The number of fused-ring (bicyclic) bond motifs is 6. The molecule has 0 unspecified atom stereocenters. The number of aldehydes is 1. The first-order valence-corrected chi connectivity index (χ1v) is 8.34. The van der Waals surface area contributed by atoms with Gasteiger partial charge in [0.15, 0.2) is 5.60 Å². The van der Waals surface area contributed by atoms with Gasteiger partial charge in [-0.3, -0.25) is 4.79 Å². The lowest BCUT2D eigenvalue weighted by molar-refractivity contribution is 0.0224. The zero-order valence-corrected chi connectivity index (χ0v) is 14.1. The Morgan fingerprint density at radius 1 is 0.815 bits per heavy atom. The second-order valence-corrected chi connectivity index (χ2v) is 6.61. The molecule has 27 heavy (non-hydrogen) atoms. The maximum Gasteiger partial charge on any atom is 0.340 e. The van der Waals surface area contributed by atoms with E-state index in [-0.39, 0.29) is 0 Å². The summed E-state index contributed by atoms with van der Waals surface area (Å²) in [5.74, 6) is 0.488. The third-order valence-corrected chi connectivity index (χ3v) is 5.01. The minimum atomic E-state index is -1.18. The summed E-state index contributed by atoms with van der Waals surface area (Å²) in [4.78, 5) is 23.9. The largest absolute Gasteiger partial charge is 0.456 e. The molecule has 6 nitrogen and oxygen atoms in total. The van der Waals surface area contributed by atoms with Crippen molar-refractivity contribution in [1.29, 1.82) is 0 Å². The van der Waals surface area contributed by atoms with Crippen LogP contribution in [0, 0.1) is 0 Å². The quantitative estimate of drug-likeness (QED) is 0.393. The molecule has 0 aromatic heterocycles. The van der Waals surface area contributed by atoms with Crippen LogP contribution in [0.4, 0.5) is 11.4 Å². The molecule has 0 aliphatic carbocycles. The van der Waals surface area contributed by atoms with Crippen LogP contribution in [0.3, 0.4) is 0 Å². The smallest absolute Gasteiger partial charge is 0.340 e. The Kier molecular flexibility index (Phi) is 2.92. The molecule has 0 radical (unpaired) electrons. The summed E-state index contributed by atoms with van der Waals surface area (Å²) in [6.45, 7) is 0. The maximum absolute atomic E-state index is 12.7. The van der Waals surface area contributed by atoms with Crippen LogP contribution < -0.4 is 16.2 Å². The Morgan fingerprint density at radius 2 is 1.41 bits per heavy atom. The molecule has 0 atom stereocenters. The molecule has 132 valence electrons. The first-order valence-electron chi connectivity index (χ1n) is 8.34. The highest BCUT2D eigenvalue weighted by Gasteiger charge is 2.53. The molecule has 3 aromatic carbocycles. The van der Waals surface area contributed by atoms with Gasteiger partial charge < -0.3 is 20.9 Å². The van der Waals surface area contributed by atoms with Gasteiger partial charge in [-0.05, 0) is 30.3 Å². The Balaban J connectivity index is 1.89. The summed E-state index contributed by atoms with van der Waals surface area (Å²) < 4.78 is 12.0. The molecule has 0 bridgehead atoms. The summed E-state index contributed by atoms with van der Waals surface area (Å²) in [7, 11) is 0. The lowest BCUT2D eigenvalue weighted by Gasteiger charge is -2.36. The van der Waals surface area contributed by atoms with Crippen LogP contribution in [0.15, 0.2) is 54.6 Å².